The lowest BCUT2D eigenvalue weighted by Crippen LogP contribution is -1.92. The third kappa shape index (κ3) is 3.34. The number of hydrogen-bond acceptors (Lipinski definition) is 0. The topological polar surface area (TPSA) is 0 Å². The molecule has 0 saturated heterocycles. The summed E-state index contributed by atoms with van der Waals surface area (Å²) in [6, 6.07) is 0. The van der Waals surface area contributed by atoms with E-state index in [9.17, 15) is 0 Å². The summed E-state index contributed by atoms with van der Waals surface area (Å²) in [6.45, 7) is 8.92. The van der Waals surface area contributed by atoms with Crippen LogP contribution in [0.4, 0.5) is 0 Å². The van der Waals surface area contributed by atoms with Gasteiger partial charge in [-0.3, -0.25) is 0 Å². The Morgan fingerprint density at radius 2 is 2.00 bits per heavy atom. The maximum atomic E-state index is 2.31. The second-order valence-corrected chi connectivity index (χ2v) is 2.67. The van der Waals surface area contributed by atoms with E-state index in [1.807, 2.05) is 0 Å². The van der Waals surface area contributed by atoms with Crippen LogP contribution < -0.4 is 0 Å². The van der Waals surface area contributed by atoms with Crippen LogP contribution in [0.2, 0.25) is 0 Å². The smallest absolute Gasteiger partial charge is 0.0237 e. The highest BCUT2D eigenvalue weighted by Gasteiger charge is 1.97. The van der Waals surface area contributed by atoms with Gasteiger partial charge in [-0.25, -0.2) is 0 Å². The molecule has 0 amide bonds. The number of hydrogen-bond donors (Lipinski definition) is 0. The molecule has 0 saturated carbocycles. The van der Waals surface area contributed by atoms with Crippen molar-refractivity contribution in [2.45, 2.75) is 40.5 Å². The molecular weight excluding hydrogens is 108 g/mol. The number of allylic oxidation sites excluding steroid dienone is 2. The highest BCUT2D eigenvalue weighted by molar-refractivity contribution is 5.00. The van der Waals surface area contributed by atoms with Gasteiger partial charge in [0.25, 0.3) is 0 Å². The molecular formula is C9H18. The van der Waals surface area contributed by atoms with E-state index in [2.05, 4.69) is 33.8 Å². The second-order valence-electron chi connectivity index (χ2n) is 2.67. The van der Waals surface area contributed by atoms with Gasteiger partial charge in [0.1, 0.15) is 0 Å². The van der Waals surface area contributed by atoms with Crippen molar-refractivity contribution in [3.63, 3.8) is 0 Å². The fourth-order valence-corrected chi connectivity index (χ4v) is 0.845. The van der Waals surface area contributed by atoms with Gasteiger partial charge in [-0.15, -0.1) is 0 Å². The Morgan fingerprint density at radius 3 is 2.33 bits per heavy atom. The minimum absolute atomic E-state index is 0.782. The van der Waals surface area contributed by atoms with Crippen molar-refractivity contribution in [1.82, 2.24) is 0 Å². The van der Waals surface area contributed by atoms with Crippen LogP contribution in [0.3, 0.4) is 0 Å². The van der Waals surface area contributed by atoms with E-state index in [1.54, 1.807) is 5.57 Å². The fourth-order valence-electron chi connectivity index (χ4n) is 0.845. The summed E-state index contributed by atoms with van der Waals surface area (Å²) >= 11 is 0. The zero-order valence-electron chi connectivity index (χ0n) is 7.07. The molecule has 0 heteroatoms. The molecule has 0 radical (unpaired) electrons. The Hall–Kier alpha value is -0.260. The molecule has 0 nitrogen and oxygen atoms in total. The predicted molar refractivity (Wildman–Crippen MR) is 43.5 cm³/mol. The van der Waals surface area contributed by atoms with Crippen LogP contribution in [-0.4, -0.2) is 0 Å². The van der Waals surface area contributed by atoms with E-state index in [1.165, 1.54) is 12.8 Å². The summed E-state index contributed by atoms with van der Waals surface area (Å²) in [5, 5.41) is 0. The molecule has 9 heavy (non-hydrogen) atoms. The van der Waals surface area contributed by atoms with Gasteiger partial charge in [-0.2, -0.15) is 0 Å². The molecule has 0 aromatic carbocycles. The van der Waals surface area contributed by atoms with Crippen LogP contribution in [0.1, 0.15) is 40.5 Å². The summed E-state index contributed by atoms with van der Waals surface area (Å²) < 4.78 is 0. The zero-order valence-corrected chi connectivity index (χ0v) is 7.07. The van der Waals surface area contributed by atoms with Crippen LogP contribution in [0.15, 0.2) is 11.6 Å². The third-order valence-corrected chi connectivity index (χ3v) is 1.92. The van der Waals surface area contributed by atoms with E-state index in [-0.39, 0.29) is 0 Å². The summed E-state index contributed by atoms with van der Waals surface area (Å²) in [6.07, 6.45) is 4.76. The Bertz CT molecular complexity index is 90.2. The van der Waals surface area contributed by atoms with Crippen LogP contribution in [0.5, 0.6) is 0 Å². The van der Waals surface area contributed by atoms with Gasteiger partial charge >= 0.3 is 0 Å². The van der Waals surface area contributed by atoms with Crippen molar-refractivity contribution in [2.75, 3.05) is 0 Å². The Labute approximate surface area is 59.0 Å². The van der Waals surface area contributed by atoms with Gasteiger partial charge in [0, 0.05) is 0 Å². The van der Waals surface area contributed by atoms with E-state index < -0.39 is 0 Å². The van der Waals surface area contributed by atoms with Gasteiger partial charge in [0.2, 0.25) is 0 Å². The highest BCUT2D eigenvalue weighted by atomic mass is 14.0. The Balaban J connectivity index is 3.70. The van der Waals surface area contributed by atoms with E-state index in [0.717, 1.165) is 5.92 Å². The lowest BCUT2D eigenvalue weighted by molar-refractivity contribution is 0.652. The van der Waals surface area contributed by atoms with Crippen molar-refractivity contribution < 1.29 is 0 Å². The quantitative estimate of drug-likeness (QED) is 0.508. The molecule has 0 spiro atoms. The van der Waals surface area contributed by atoms with Crippen LogP contribution >= 0.6 is 0 Å². The maximum Gasteiger partial charge on any atom is -0.0237 e. The van der Waals surface area contributed by atoms with Crippen molar-refractivity contribution in [1.29, 1.82) is 0 Å². The van der Waals surface area contributed by atoms with Crippen LogP contribution in [-0.2, 0) is 0 Å². The SMILES string of the molecule is CC/C=C(\C)C(C)CC. The van der Waals surface area contributed by atoms with E-state index in [4.69, 9.17) is 0 Å². The highest BCUT2D eigenvalue weighted by Crippen LogP contribution is 2.12. The fraction of sp³-hybridized carbons (Fsp3) is 0.778. The first-order valence-electron chi connectivity index (χ1n) is 3.89. The minimum Gasteiger partial charge on any atom is -0.0856 e. The lowest BCUT2D eigenvalue weighted by atomic mass is 9.99. The molecule has 1 atom stereocenters. The molecule has 0 aliphatic heterocycles. The molecule has 0 N–H and O–H groups in total. The first-order chi connectivity index (χ1) is 4.22. The normalized spacial score (nSPS) is 15.8. The average molecular weight is 126 g/mol. The third-order valence-electron chi connectivity index (χ3n) is 1.92. The van der Waals surface area contributed by atoms with Crippen LogP contribution in [0.25, 0.3) is 0 Å². The molecule has 0 bridgehead atoms. The molecule has 0 aliphatic rings. The summed E-state index contributed by atoms with van der Waals surface area (Å²) in [7, 11) is 0. The maximum absolute atomic E-state index is 2.31. The Kier molecular flexibility index (Phi) is 4.47. The molecule has 0 heterocycles. The molecule has 0 aromatic rings. The molecule has 54 valence electrons. The first-order valence-corrected chi connectivity index (χ1v) is 3.89. The van der Waals surface area contributed by atoms with Crippen molar-refractivity contribution in [3.05, 3.63) is 11.6 Å². The van der Waals surface area contributed by atoms with E-state index in [0.29, 0.717) is 0 Å². The van der Waals surface area contributed by atoms with Gasteiger partial charge in [0.15, 0.2) is 0 Å². The van der Waals surface area contributed by atoms with E-state index >= 15 is 0 Å². The van der Waals surface area contributed by atoms with Crippen molar-refractivity contribution in [2.24, 2.45) is 5.92 Å². The molecule has 1 unspecified atom stereocenters. The minimum atomic E-state index is 0.782. The van der Waals surface area contributed by atoms with Gasteiger partial charge in [-0.05, 0) is 25.7 Å². The second kappa shape index (κ2) is 4.60. The summed E-state index contributed by atoms with van der Waals surface area (Å²) in [5.74, 6) is 0.782. The van der Waals surface area contributed by atoms with Crippen LogP contribution in [0, 0.1) is 5.92 Å². The van der Waals surface area contributed by atoms with Gasteiger partial charge < -0.3 is 0 Å². The predicted octanol–water partition coefficient (Wildman–Crippen LogP) is 3.39. The average Bonchev–Trinajstić information content (AvgIpc) is 1.87. The standard InChI is InChI=1S/C9H18/c1-5-7-9(4)8(3)6-2/h7-8H,5-6H2,1-4H3/b9-7+. The largest absolute Gasteiger partial charge is 0.0856 e. The van der Waals surface area contributed by atoms with Crippen molar-refractivity contribution in [3.8, 4) is 0 Å². The Morgan fingerprint density at radius 1 is 1.44 bits per heavy atom. The first kappa shape index (κ1) is 8.74. The van der Waals surface area contributed by atoms with Gasteiger partial charge in [0.05, 0.1) is 0 Å². The molecule has 0 aromatic heterocycles. The lowest BCUT2D eigenvalue weighted by Gasteiger charge is -2.07. The monoisotopic (exact) mass is 126 g/mol. The molecule has 0 aliphatic carbocycles. The zero-order chi connectivity index (χ0) is 7.28. The number of rotatable bonds is 3. The van der Waals surface area contributed by atoms with Crippen molar-refractivity contribution >= 4 is 0 Å². The summed E-state index contributed by atoms with van der Waals surface area (Å²) in [5.41, 5.74) is 1.54. The summed E-state index contributed by atoms with van der Waals surface area (Å²) in [4.78, 5) is 0. The van der Waals surface area contributed by atoms with Gasteiger partial charge in [-0.1, -0.05) is 32.4 Å². The molecule has 0 fully saturated rings. The molecule has 0 rings (SSSR count).